The molecule has 1 unspecified atom stereocenters. The number of morpholine rings is 1. The summed E-state index contributed by atoms with van der Waals surface area (Å²) >= 11 is 0. The van der Waals surface area contributed by atoms with E-state index >= 15 is 0 Å². The van der Waals surface area contributed by atoms with Gasteiger partial charge in [-0.25, -0.2) is 0 Å². The van der Waals surface area contributed by atoms with E-state index in [-0.39, 0.29) is 11.9 Å². The molecule has 1 heterocycles. The van der Waals surface area contributed by atoms with Gasteiger partial charge in [0, 0.05) is 24.3 Å². The van der Waals surface area contributed by atoms with Crippen LogP contribution in [0.1, 0.15) is 12.5 Å². The number of ether oxygens (including phenoxy) is 1. The molecule has 2 rings (SSSR count). The third-order valence-corrected chi connectivity index (χ3v) is 2.88. The first-order valence-corrected chi connectivity index (χ1v) is 5.65. The minimum absolute atomic E-state index is 0.131. The zero-order valence-electron chi connectivity index (χ0n) is 9.84. The lowest BCUT2D eigenvalue weighted by Crippen LogP contribution is -2.41. The zero-order valence-corrected chi connectivity index (χ0v) is 9.84. The van der Waals surface area contributed by atoms with Gasteiger partial charge in [0.15, 0.2) is 5.84 Å². The van der Waals surface area contributed by atoms with Crippen molar-refractivity contribution in [3.8, 4) is 0 Å². The summed E-state index contributed by atoms with van der Waals surface area (Å²) in [5, 5.41) is 11.6. The van der Waals surface area contributed by atoms with Gasteiger partial charge in [0.1, 0.15) is 0 Å². The molecule has 1 fully saturated rings. The van der Waals surface area contributed by atoms with E-state index in [0.29, 0.717) is 0 Å². The molecule has 5 heteroatoms. The van der Waals surface area contributed by atoms with Crippen LogP contribution in [0.4, 0.5) is 5.69 Å². The Hall–Kier alpha value is -1.75. The van der Waals surface area contributed by atoms with Crippen LogP contribution in [-0.2, 0) is 4.74 Å². The molecule has 0 bridgehead atoms. The second-order valence-corrected chi connectivity index (χ2v) is 4.16. The van der Waals surface area contributed by atoms with Crippen LogP contribution in [0.2, 0.25) is 0 Å². The van der Waals surface area contributed by atoms with Crippen molar-refractivity contribution in [3.63, 3.8) is 0 Å². The number of hydrogen-bond acceptors (Lipinski definition) is 4. The number of nitrogens with zero attached hydrogens (tertiary/aromatic N) is 2. The number of amidine groups is 1. The highest BCUT2D eigenvalue weighted by Crippen LogP contribution is 2.18. The maximum Gasteiger partial charge on any atom is 0.170 e. The lowest BCUT2D eigenvalue weighted by Gasteiger charge is -2.33. The van der Waals surface area contributed by atoms with Gasteiger partial charge in [0.2, 0.25) is 0 Å². The van der Waals surface area contributed by atoms with E-state index in [2.05, 4.69) is 17.0 Å². The van der Waals surface area contributed by atoms with Crippen molar-refractivity contribution in [3.05, 3.63) is 29.8 Å². The summed E-state index contributed by atoms with van der Waals surface area (Å²) in [6.45, 7) is 4.61. The van der Waals surface area contributed by atoms with Crippen LogP contribution in [0.25, 0.3) is 0 Å². The van der Waals surface area contributed by atoms with Crippen LogP contribution in [0.3, 0.4) is 0 Å². The van der Waals surface area contributed by atoms with Crippen LogP contribution < -0.4 is 10.6 Å². The second-order valence-electron chi connectivity index (χ2n) is 4.16. The first-order chi connectivity index (χ1) is 8.20. The predicted molar refractivity (Wildman–Crippen MR) is 66.6 cm³/mol. The number of benzene rings is 1. The third-order valence-electron chi connectivity index (χ3n) is 2.88. The maximum atomic E-state index is 8.58. The molecule has 0 radical (unpaired) electrons. The summed E-state index contributed by atoms with van der Waals surface area (Å²) in [5.74, 6) is 0.131. The Bertz CT molecular complexity index is 403. The Morgan fingerprint density at radius 1 is 1.47 bits per heavy atom. The number of hydrogen-bond donors (Lipinski definition) is 2. The van der Waals surface area contributed by atoms with Gasteiger partial charge in [0.05, 0.1) is 12.7 Å². The fourth-order valence-electron chi connectivity index (χ4n) is 1.95. The lowest BCUT2D eigenvalue weighted by molar-refractivity contribution is 0.0532. The molecule has 1 aromatic rings. The minimum atomic E-state index is 0.131. The molecular formula is C12H17N3O2. The first kappa shape index (κ1) is 11.7. The highest BCUT2D eigenvalue weighted by Gasteiger charge is 2.16. The van der Waals surface area contributed by atoms with Gasteiger partial charge in [-0.2, -0.15) is 0 Å². The Balaban J connectivity index is 2.12. The molecule has 17 heavy (non-hydrogen) atoms. The van der Waals surface area contributed by atoms with Crippen molar-refractivity contribution in [1.29, 1.82) is 0 Å². The van der Waals surface area contributed by atoms with Crippen molar-refractivity contribution in [2.24, 2.45) is 10.9 Å². The van der Waals surface area contributed by atoms with Crippen molar-refractivity contribution in [2.75, 3.05) is 24.6 Å². The number of rotatable bonds is 2. The molecule has 0 aromatic heterocycles. The standard InChI is InChI=1S/C12H17N3O2/c1-9-8-15(6-7-17-9)11-4-2-10(3-5-11)12(13)14-16/h2-5,9,16H,6-8H2,1H3,(H2,13,14). The largest absolute Gasteiger partial charge is 0.409 e. The van der Waals surface area contributed by atoms with E-state index in [1.807, 2.05) is 24.3 Å². The van der Waals surface area contributed by atoms with E-state index in [4.69, 9.17) is 15.7 Å². The van der Waals surface area contributed by atoms with Crippen molar-refractivity contribution in [2.45, 2.75) is 13.0 Å². The number of anilines is 1. The molecule has 1 atom stereocenters. The molecule has 1 aliphatic heterocycles. The van der Waals surface area contributed by atoms with Gasteiger partial charge >= 0.3 is 0 Å². The Kier molecular flexibility index (Phi) is 3.49. The van der Waals surface area contributed by atoms with E-state index in [0.717, 1.165) is 30.9 Å². The summed E-state index contributed by atoms with van der Waals surface area (Å²) < 4.78 is 5.50. The highest BCUT2D eigenvalue weighted by molar-refractivity contribution is 5.97. The van der Waals surface area contributed by atoms with Gasteiger partial charge in [0.25, 0.3) is 0 Å². The van der Waals surface area contributed by atoms with Gasteiger partial charge < -0.3 is 20.6 Å². The fraction of sp³-hybridized carbons (Fsp3) is 0.417. The summed E-state index contributed by atoms with van der Waals surface area (Å²) in [4.78, 5) is 2.27. The molecule has 0 spiro atoms. The molecule has 92 valence electrons. The molecule has 0 saturated carbocycles. The summed E-state index contributed by atoms with van der Waals surface area (Å²) in [7, 11) is 0. The molecular weight excluding hydrogens is 218 g/mol. The fourth-order valence-corrected chi connectivity index (χ4v) is 1.95. The van der Waals surface area contributed by atoms with Crippen molar-refractivity contribution < 1.29 is 9.94 Å². The van der Waals surface area contributed by atoms with E-state index in [1.165, 1.54) is 0 Å². The van der Waals surface area contributed by atoms with Gasteiger partial charge in [-0.1, -0.05) is 5.16 Å². The lowest BCUT2D eigenvalue weighted by atomic mass is 10.1. The van der Waals surface area contributed by atoms with E-state index < -0.39 is 0 Å². The number of nitrogens with two attached hydrogens (primary N) is 1. The third kappa shape index (κ3) is 2.68. The van der Waals surface area contributed by atoms with Crippen LogP contribution in [0.15, 0.2) is 29.4 Å². The Morgan fingerprint density at radius 2 is 2.18 bits per heavy atom. The Morgan fingerprint density at radius 3 is 2.76 bits per heavy atom. The SMILES string of the molecule is CC1CN(c2ccc(/C(N)=N/O)cc2)CCO1. The quantitative estimate of drug-likeness (QED) is 0.347. The van der Waals surface area contributed by atoms with Gasteiger partial charge in [-0.05, 0) is 31.2 Å². The summed E-state index contributed by atoms with van der Waals surface area (Å²) in [6, 6.07) is 7.66. The van der Waals surface area contributed by atoms with Gasteiger partial charge in [-0.3, -0.25) is 0 Å². The number of oxime groups is 1. The van der Waals surface area contributed by atoms with Crippen LogP contribution >= 0.6 is 0 Å². The molecule has 1 aromatic carbocycles. The molecule has 0 amide bonds. The molecule has 1 saturated heterocycles. The first-order valence-electron chi connectivity index (χ1n) is 5.65. The monoisotopic (exact) mass is 235 g/mol. The minimum Gasteiger partial charge on any atom is -0.409 e. The second kappa shape index (κ2) is 5.05. The molecule has 1 aliphatic rings. The van der Waals surface area contributed by atoms with Crippen LogP contribution in [-0.4, -0.2) is 36.8 Å². The average Bonchev–Trinajstić information content (AvgIpc) is 2.38. The predicted octanol–water partition coefficient (Wildman–Crippen LogP) is 1.01. The van der Waals surface area contributed by atoms with E-state index in [1.54, 1.807) is 0 Å². The van der Waals surface area contributed by atoms with Crippen LogP contribution in [0, 0.1) is 0 Å². The smallest absolute Gasteiger partial charge is 0.170 e. The topological polar surface area (TPSA) is 71.1 Å². The average molecular weight is 235 g/mol. The normalized spacial score (nSPS) is 21.6. The van der Waals surface area contributed by atoms with Crippen LogP contribution in [0.5, 0.6) is 0 Å². The zero-order chi connectivity index (χ0) is 12.3. The van der Waals surface area contributed by atoms with Crippen molar-refractivity contribution >= 4 is 11.5 Å². The highest BCUT2D eigenvalue weighted by atomic mass is 16.5. The maximum absolute atomic E-state index is 8.58. The summed E-state index contributed by atoms with van der Waals surface area (Å²) in [6.07, 6.45) is 0.257. The Labute approximate surface area is 100 Å². The molecule has 0 aliphatic carbocycles. The van der Waals surface area contributed by atoms with Crippen molar-refractivity contribution in [1.82, 2.24) is 0 Å². The molecule has 3 N–H and O–H groups in total. The molecule has 5 nitrogen and oxygen atoms in total. The summed E-state index contributed by atoms with van der Waals surface area (Å²) in [5.41, 5.74) is 7.37. The van der Waals surface area contributed by atoms with E-state index in [9.17, 15) is 0 Å². The van der Waals surface area contributed by atoms with Gasteiger partial charge in [-0.15, -0.1) is 0 Å².